The van der Waals surface area contributed by atoms with Crippen molar-refractivity contribution in [3.05, 3.63) is 54.2 Å². The van der Waals surface area contributed by atoms with Gasteiger partial charge in [-0.3, -0.25) is 9.97 Å². The quantitative estimate of drug-likeness (QED) is 0.614. The zero-order valence-corrected chi connectivity index (χ0v) is 9.59. The van der Waals surface area contributed by atoms with Gasteiger partial charge in [-0.05, 0) is 24.3 Å². The molecular formula is C13H8ClN3. The lowest BCUT2D eigenvalue weighted by Gasteiger charge is -2.05. The molecule has 0 amide bonds. The summed E-state index contributed by atoms with van der Waals surface area (Å²) in [6, 6.07) is 7.60. The molecule has 0 N–H and O–H groups in total. The van der Waals surface area contributed by atoms with Gasteiger partial charge in [-0.1, -0.05) is 11.6 Å². The molecule has 82 valence electrons. The van der Waals surface area contributed by atoms with Gasteiger partial charge in [-0.2, -0.15) is 0 Å². The van der Waals surface area contributed by atoms with Crippen molar-refractivity contribution in [1.29, 1.82) is 0 Å². The average Bonchev–Trinajstić information content (AvgIpc) is 2.38. The maximum Gasteiger partial charge on any atom is 0.129 e. The Kier molecular flexibility index (Phi) is 2.46. The van der Waals surface area contributed by atoms with Crippen molar-refractivity contribution in [2.24, 2.45) is 0 Å². The van der Waals surface area contributed by atoms with Crippen LogP contribution in [0.4, 0.5) is 0 Å². The highest BCUT2D eigenvalue weighted by molar-refractivity contribution is 6.29. The van der Waals surface area contributed by atoms with Crippen LogP contribution in [0.15, 0.2) is 49.1 Å². The number of pyridine rings is 3. The SMILES string of the molecule is Clc1cc(-c2nccc3cnccc23)ccn1. The van der Waals surface area contributed by atoms with Crippen molar-refractivity contribution in [3.8, 4) is 11.3 Å². The number of hydrogen-bond acceptors (Lipinski definition) is 3. The molecule has 0 aliphatic rings. The predicted molar refractivity (Wildman–Crippen MR) is 67.8 cm³/mol. The highest BCUT2D eigenvalue weighted by Gasteiger charge is 2.05. The van der Waals surface area contributed by atoms with Gasteiger partial charge in [0, 0.05) is 41.1 Å². The second-order valence-electron chi connectivity index (χ2n) is 3.62. The first-order valence-electron chi connectivity index (χ1n) is 5.15. The second-order valence-corrected chi connectivity index (χ2v) is 4.01. The van der Waals surface area contributed by atoms with Crippen molar-refractivity contribution in [1.82, 2.24) is 15.0 Å². The third-order valence-electron chi connectivity index (χ3n) is 2.56. The van der Waals surface area contributed by atoms with Gasteiger partial charge < -0.3 is 0 Å². The van der Waals surface area contributed by atoms with Gasteiger partial charge in [0.1, 0.15) is 5.15 Å². The van der Waals surface area contributed by atoms with E-state index in [0.29, 0.717) is 5.15 Å². The highest BCUT2D eigenvalue weighted by Crippen LogP contribution is 2.26. The molecule has 0 saturated heterocycles. The van der Waals surface area contributed by atoms with Crippen molar-refractivity contribution in [3.63, 3.8) is 0 Å². The fourth-order valence-electron chi connectivity index (χ4n) is 1.80. The Balaban J connectivity index is 2.30. The summed E-state index contributed by atoms with van der Waals surface area (Å²) >= 11 is 5.89. The molecule has 3 aromatic heterocycles. The summed E-state index contributed by atoms with van der Waals surface area (Å²) in [4.78, 5) is 12.5. The maximum absolute atomic E-state index is 5.89. The molecule has 0 bridgehead atoms. The number of fused-ring (bicyclic) bond motifs is 1. The molecule has 4 heteroatoms. The monoisotopic (exact) mass is 241 g/mol. The average molecular weight is 242 g/mol. The number of rotatable bonds is 1. The van der Waals surface area contributed by atoms with Crippen LogP contribution in [0, 0.1) is 0 Å². The first kappa shape index (κ1) is 10.2. The molecule has 3 aromatic rings. The van der Waals surface area contributed by atoms with E-state index in [0.717, 1.165) is 22.0 Å². The van der Waals surface area contributed by atoms with Crippen LogP contribution < -0.4 is 0 Å². The lowest BCUT2D eigenvalue weighted by Crippen LogP contribution is -1.87. The summed E-state index contributed by atoms with van der Waals surface area (Å²) < 4.78 is 0. The summed E-state index contributed by atoms with van der Waals surface area (Å²) in [5.74, 6) is 0. The molecule has 0 saturated carbocycles. The Morgan fingerprint density at radius 3 is 2.71 bits per heavy atom. The topological polar surface area (TPSA) is 38.7 Å². The molecule has 0 atom stereocenters. The largest absolute Gasteiger partial charge is 0.264 e. The highest BCUT2D eigenvalue weighted by atomic mass is 35.5. The van der Waals surface area contributed by atoms with Gasteiger partial charge in [0.25, 0.3) is 0 Å². The van der Waals surface area contributed by atoms with Crippen LogP contribution in [-0.4, -0.2) is 15.0 Å². The van der Waals surface area contributed by atoms with Crippen LogP contribution >= 0.6 is 11.6 Å². The minimum atomic E-state index is 0.468. The summed E-state index contributed by atoms with van der Waals surface area (Å²) in [6.45, 7) is 0. The molecular weight excluding hydrogens is 234 g/mol. The van der Waals surface area contributed by atoms with Gasteiger partial charge >= 0.3 is 0 Å². The number of aromatic nitrogens is 3. The van der Waals surface area contributed by atoms with Crippen molar-refractivity contribution < 1.29 is 0 Å². The van der Waals surface area contributed by atoms with Crippen LogP contribution in [0.3, 0.4) is 0 Å². The van der Waals surface area contributed by atoms with Gasteiger partial charge in [-0.15, -0.1) is 0 Å². The molecule has 0 aliphatic carbocycles. The molecule has 3 rings (SSSR count). The van der Waals surface area contributed by atoms with Crippen LogP contribution in [0.1, 0.15) is 0 Å². The van der Waals surface area contributed by atoms with Gasteiger partial charge in [0.15, 0.2) is 0 Å². The van der Waals surface area contributed by atoms with E-state index in [1.54, 1.807) is 18.6 Å². The van der Waals surface area contributed by atoms with Gasteiger partial charge in [0.05, 0.1) is 5.69 Å². The van der Waals surface area contributed by atoms with E-state index in [2.05, 4.69) is 15.0 Å². The molecule has 0 unspecified atom stereocenters. The van der Waals surface area contributed by atoms with E-state index in [1.807, 2.05) is 30.5 Å². The predicted octanol–water partition coefficient (Wildman–Crippen LogP) is 3.35. The van der Waals surface area contributed by atoms with E-state index in [4.69, 9.17) is 11.6 Å². The Morgan fingerprint density at radius 2 is 1.82 bits per heavy atom. The number of nitrogens with zero attached hydrogens (tertiary/aromatic N) is 3. The van der Waals surface area contributed by atoms with E-state index >= 15 is 0 Å². The first-order chi connectivity index (χ1) is 8.34. The summed E-state index contributed by atoms with van der Waals surface area (Å²) in [7, 11) is 0. The first-order valence-corrected chi connectivity index (χ1v) is 5.53. The van der Waals surface area contributed by atoms with Crippen molar-refractivity contribution in [2.45, 2.75) is 0 Å². The molecule has 3 heterocycles. The van der Waals surface area contributed by atoms with Crippen molar-refractivity contribution in [2.75, 3.05) is 0 Å². The normalized spacial score (nSPS) is 10.6. The van der Waals surface area contributed by atoms with Crippen molar-refractivity contribution >= 4 is 22.4 Å². The molecule has 17 heavy (non-hydrogen) atoms. The van der Waals surface area contributed by atoms with Crippen LogP contribution in [-0.2, 0) is 0 Å². The Bertz CT molecular complexity index is 677. The second kappa shape index (κ2) is 4.11. The Hall–Kier alpha value is -2.00. The number of hydrogen-bond donors (Lipinski definition) is 0. The van der Waals surface area contributed by atoms with E-state index in [1.165, 1.54) is 0 Å². The summed E-state index contributed by atoms with van der Waals surface area (Å²) in [5.41, 5.74) is 1.86. The molecule has 0 aromatic carbocycles. The fourth-order valence-corrected chi connectivity index (χ4v) is 1.97. The van der Waals surface area contributed by atoms with E-state index in [-0.39, 0.29) is 0 Å². The third kappa shape index (κ3) is 1.85. The van der Waals surface area contributed by atoms with Crippen LogP contribution in [0.2, 0.25) is 5.15 Å². The molecule has 0 aliphatic heterocycles. The van der Waals surface area contributed by atoms with Gasteiger partial charge in [-0.25, -0.2) is 4.98 Å². The minimum Gasteiger partial charge on any atom is -0.264 e. The van der Waals surface area contributed by atoms with Crippen LogP contribution in [0.25, 0.3) is 22.0 Å². The smallest absolute Gasteiger partial charge is 0.129 e. The fraction of sp³-hybridized carbons (Fsp3) is 0. The van der Waals surface area contributed by atoms with Crippen LogP contribution in [0.5, 0.6) is 0 Å². The zero-order chi connectivity index (χ0) is 11.7. The molecule has 3 nitrogen and oxygen atoms in total. The Morgan fingerprint density at radius 1 is 0.941 bits per heavy atom. The lowest BCUT2D eigenvalue weighted by molar-refractivity contribution is 1.29. The summed E-state index contributed by atoms with van der Waals surface area (Å²) in [5, 5.41) is 2.59. The van der Waals surface area contributed by atoms with Gasteiger partial charge in [0.2, 0.25) is 0 Å². The lowest BCUT2D eigenvalue weighted by atomic mass is 10.1. The summed E-state index contributed by atoms with van der Waals surface area (Å²) in [6.07, 6.45) is 7.03. The minimum absolute atomic E-state index is 0.468. The van der Waals surface area contributed by atoms with E-state index < -0.39 is 0 Å². The van der Waals surface area contributed by atoms with E-state index in [9.17, 15) is 0 Å². The zero-order valence-electron chi connectivity index (χ0n) is 8.84. The standard InChI is InChI=1S/C13H8ClN3/c14-12-7-9(1-5-16-12)13-11-3-4-15-8-10(11)2-6-17-13/h1-8H. The maximum atomic E-state index is 5.89. The third-order valence-corrected chi connectivity index (χ3v) is 2.77. The number of halogens is 1. The Labute approximate surface area is 103 Å². The molecule has 0 fully saturated rings. The molecule has 0 spiro atoms. The molecule has 0 radical (unpaired) electrons.